The van der Waals surface area contributed by atoms with Gasteiger partial charge >= 0.3 is 0 Å². The standard InChI is InChI=1S/C30H33N3O4/c1-4-22-6-8-23(9-7-22)17-31-30(36)24-16-29(35)33(18-24)26-11-13-27(14-12-26)37-19-28(34)32-25-10-5-20(2)21(3)15-25/h5-15,24H,4,16-19H2,1-3H3,(H,31,36)(H,32,34)/t24-/m0/s1. The normalized spacial score (nSPS) is 14.9. The summed E-state index contributed by atoms with van der Waals surface area (Å²) in [5, 5.41) is 5.78. The van der Waals surface area contributed by atoms with Gasteiger partial charge in [0.25, 0.3) is 5.91 Å². The van der Waals surface area contributed by atoms with Crippen LogP contribution in [0.1, 0.15) is 35.6 Å². The van der Waals surface area contributed by atoms with Crippen molar-refractivity contribution in [1.29, 1.82) is 0 Å². The molecule has 1 aliphatic heterocycles. The van der Waals surface area contributed by atoms with E-state index in [4.69, 9.17) is 4.74 Å². The first-order valence-electron chi connectivity index (χ1n) is 12.6. The maximum Gasteiger partial charge on any atom is 0.262 e. The number of nitrogens with zero attached hydrogens (tertiary/aromatic N) is 1. The van der Waals surface area contributed by atoms with Crippen LogP contribution in [0.5, 0.6) is 5.75 Å². The van der Waals surface area contributed by atoms with Gasteiger partial charge in [-0.2, -0.15) is 0 Å². The summed E-state index contributed by atoms with van der Waals surface area (Å²) in [6, 6.07) is 20.9. The third-order valence-corrected chi connectivity index (χ3v) is 6.70. The number of hydrogen-bond donors (Lipinski definition) is 2. The number of carbonyl (C=O) groups is 3. The molecule has 7 nitrogen and oxygen atoms in total. The summed E-state index contributed by atoms with van der Waals surface area (Å²) >= 11 is 0. The molecule has 3 aromatic rings. The Balaban J connectivity index is 1.26. The number of anilines is 2. The van der Waals surface area contributed by atoms with Gasteiger partial charge in [-0.3, -0.25) is 14.4 Å². The number of nitrogens with one attached hydrogen (secondary N) is 2. The Morgan fingerprint density at radius 3 is 2.32 bits per heavy atom. The molecular weight excluding hydrogens is 466 g/mol. The van der Waals surface area contributed by atoms with Crippen LogP contribution in [0.3, 0.4) is 0 Å². The first-order chi connectivity index (χ1) is 17.8. The molecule has 0 bridgehead atoms. The zero-order chi connectivity index (χ0) is 26.4. The van der Waals surface area contributed by atoms with E-state index in [-0.39, 0.29) is 30.7 Å². The maximum atomic E-state index is 12.7. The van der Waals surface area contributed by atoms with Crippen LogP contribution in [0.4, 0.5) is 11.4 Å². The van der Waals surface area contributed by atoms with Gasteiger partial charge in [-0.05, 0) is 78.9 Å². The molecule has 192 valence electrons. The van der Waals surface area contributed by atoms with Crippen LogP contribution in [0, 0.1) is 19.8 Å². The minimum absolute atomic E-state index is 0.0890. The van der Waals surface area contributed by atoms with Crippen molar-refractivity contribution >= 4 is 29.1 Å². The topological polar surface area (TPSA) is 87.7 Å². The van der Waals surface area contributed by atoms with Gasteiger partial charge in [0.1, 0.15) is 5.75 Å². The van der Waals surface area contributed by atoms with E-state index in [1.54, 1.807) is 29.2 Å². The molecule has 0 spiro atoms. The number of amides is 3. The van der Waals surface area contributed by atoms with Gasteiger partial charge in [0.2, 0.25) is 11.8 Å². The average Bonchev–Trinajstić information content (AvgIpc) is 3.30. The Labute approximate surface area is 217 Å². The molecule has 0 radical (unpaired) electrons. The van der Waals surface area contributed by atoms with Crippen molar-refractivity contribution < 1.29 is 19.1 Å². The number of hydrogen-bond acceptors (Lipinski definition) is 4. The van der Waals surface area contributed by atoms with Crippen molar-refractivity contribution in [2.75, 3.05) is 23.4 Å². The molecular formula is C30H33N3O4. The molecule has 4 rings (SSSR count). The van der Waals surface area contributed by atoms with E-state index in [2.05, 4.69) is 29.7 Å². The molecule has 1 aliphatic rings. The van der Waals surface area contributed by atoms with Crippen molar-refractivity contribution in [3.8, 4) is 5.75 Å². The van der Waals surface area contributed by atoms with Gasteiger partial charge in [-0.1, -0.05) is 37.3 Å². The van der Waals surface area contributed by atoms with E-state index in [1.807, 2.05) is 44.2 Å². The summed E-state index contributed by atoms with van der Waals surface area (Å²) in [5.74, 6) is -0.335. The molecule has 1 heterocycles. The molecule has 0 aromatic heterocycles. The highest BCUT2D eigenvalue weighted by molar-refractivity contribution is 6.00. The Kier molecular flexibility index (Phi) is 8.23. The molecule has 7 heteroatoms. The zero-order valence-corrected chi connectivity index (χ0v) is 21.5. The lowest BCUT2D eigenvalue weighted by Gasteiger charge is -2.17. The van der Waals surface area contributed by atoms with Crippen LogP contribution in [0.2, 0.25) is 0 Å². The van der Waals surface area contributed by atoms with Gasteiger partial charge in [-0.25, -0.2) is 0 Å². The van der Waals surface area contributed by atoms with Crippen LogP contribution >= 0.6 is 0 Å². The van der Waals surface area contributed by atoms with E-state index in [1.165, 1.54) is 5.56 Å². The number of rotatable bonds is 9. The van der Waals surface area contributed by atoms with Crippen LogP contribution in [-0.2, 0) is 27.3 Å². The van der Waals surface area contributed by atoms with E-state index < -0.39 is 5.92 Å². The van der Waals surface area contributed by atoms with Gasteiger partial charge in [0, 0.05) is 30.9 Å². The van der Waals surface area contributed by atoms with E-state index in [0.717, 1.165) is 28.8 Å². The lowest BCUT2D eigenvalue weighted by molar-refractivity contribution is -0.126. The number of carbonyl (C=O) groups excluding carboxylic acids is 3. The zero-order valence-electron chi connectivity index (χ0n) is 21.5. The fraction of sp³-hybridized carbons (Fsp3) is 0.300. The Bertz CT molecular complexity index is 1270. The third kappa shape index (κ3) is 6.76. The van der Waals surface area contributed by atoms with Crippen molar-refractivity contribution in [3.63, 3.8) is 0 Å². The lowest BCUT2D eigenvalue weighted by Crippen LogP contribution is -2.32. The Hall–Kier alpha value is -4.13. The predicted octanol–water partition coefficient (Wildman–Crippen LogP) is 4.55. The maximum absolute atomic E-state index is 12.7. The van der Waals surface area contributed by atoms with E-state index in [0.29, 0.717) is 24.5 Å². The van der Waals surface area contributed by atoms with Gasteiger partial charge in [0.05, 0.1) is 5.92 Å². The molecule has 3 aromatic carbocycles. The summed E-state index contributed by atoms with van der Waals surface area (Å²) in [7, 11) is 0. The second-order valence-corrected chi connectivity index (χ2v) is 9.42. The molecule has 2 N–H and O–H groups in total. The molecule has 1 fully saturated rings. The van der Waals surface area contributed by atoms with Crippen molar-refractivity contribution in [3.05, 3.63) is 89.0 Å². The predicted molar refractivity (Wildman–Crippen MR) is 145 cm³/mol. The van der Waals surface area contributed by atoms with Gasteiger partial charge in [-0.15, -0.1) is 0 Å². The van der Waals surface area contributed by atoms with Crippen LogP contribution < -0.4 is 20.3 Å². The lowest BCUT2D eigenvalue weighted by atomic mass is 10.1. The molecule has 0 aliphatic carbocycles. The second-order valence-electron chi connectivity index (χ2n) is 9.42. The van der Waals surface area contributed by atoms with E-state index >= 15 is 0 Å². The highest BCUT2D eigenvalue weighted by atomic mass is 16.5. The summed E-state index contributed by atoms with van der Waals surface area (Å²) in [6.45, 7) is 6.76. The molecule has 1 saturated heterocycles. The third-order valence-electron chi connectivity index (χ3n) is 6.70. The fourth-order valence-corrected chi connectivity index (χ4v) is 4.25. The highest BCUT2D eigenvalue weighted by Crippen LogP contribution is 2.27. The molecule has 0 unspecified atom stereocenters. The van der Waals surface area contributed by atoms with Crippen LogP contribution in [-0.4, -0.2) is 30.9 Å². The summed E-state index contributed by atoms with van der Waals surface area (Å²) in [5.41, 5.74) is 5.98. The molecule has 37 heavy (non-hydrogen) atoms. The molecule has 3 amide bonds. The Morgan fingerprint density at radius 2 is 1.65 bits per heavy atom. The summed E-state index contributed by atoms with van der Waals surface area (Å²) in [4.78, 5) is 39.2. The first kappa shape index (κ1) is 25.9. The smallest absolute Gasteiger partial charge is 0.262 e. The summed E-state index contributed by atoms with van der Waals surface area (Å²) in [6.07, 6.45) is 1.15. The number of ether oxygens (including phenoxy) is 1. The van der Waals surface area contributed by atoms with Crippen molar-refractivity contribution in [2.24, 2.45) is 5.92 Å². The van der Waals surface area contributed by atoms with Crippen LogP contribution in [0.15, 0.2) is 66.7 Å². The summed E-state index contributed by atoms with van der Waals surface area (Å²) < 4.78 is 5.61. The van der Waals surface area contributed by atoms with Crippen molar-refractivity contribution in [2.45, 2.75) is 40.2 Å². The van der Waals surface area contributed by atoms with Crippen molar-refractivity contribution in [1.82, 2.24) is 5.32 Å². The molecule has 0 saturated carbocycles. The van der Waals surface area contributed by atoms with Gasteiger partial charge < -0.3 is 20.3 Å². The largest absolute Gasteiger partial charge is 0.484 e. The first-order valence-corrected chi connectivity index (χ1v) is 12.6. The molecule has 1 atom stereocenters. The second kappa shape index (κ2) is 11.7. The van der Waals surface area contributed by atoms with E-state index in [9.17, 15) is 14.4 Å². The monoisotopic (exact) mass is 499 g/mol. The SMILES string of the molecule is CCc1ccc(CNC(=O)[C@H]2CC(=O)N(c3ccc(OCC(=O)Nc4ccc(C)c(C)c4)cc3)C2)cc1. The fourth-order valence-electron chi connectivity index (χ4n) is 4.25. The minimum atomic E-state index is -0.396. The van der Waals surface area contributed by atoms with Gasteiger partial charge in [0.15, 0.2) is 6.61 Å². The van der Waals surface area contributed by atoms with Crippen LogP contribution in [0.25, 0.3) is 0 Å². The average molecular weight is 500 g/mol. The number of aryl methyl sites for hydroxylation is 3. The minimum Gasteiger partial charge on any atom is -0.484 e. The number of benzene rings is 3. The quantitative estimate of drug-likeness (QED) is 0.452. The Morgan fingerprint density at radius 1 is 0.946 bits per heavy atom. The highest BCUT2D eigenvalue weighted by Gasteiger charge is 2.35.